The number of phenolic OH excluding ortho intramolecular Hbond substituents is 1. The van der Waals surface area contributed by atoms with Crippen molar-refractivity contribution in [3.8, 4) is 11.5 Å². The summed E-state index contributed by atoms with van der Waals surface area (Å²) in [7, 11) is 1.72. The van der Waals surface area contributed by atoms with E-state index in [1.54, 1.807) is 7.11 Å². The number of phenols is 1. The molecule has 0 saturated carbocycles. The van der Waals surface area contributed by atoms with Crippen LogP contribution in [0.1, 0.15) is 48.9 Å². The smallest absolute Gasteiger partial charge is 0.129 e. The third kappa shape index (κ3) is 4.77. The normalized spacial score (nSPS) is 11.0. The summed E-state index contributed by atoms with van der Waals surface area (Å²) in [6.45, 7) is 6.54. The van der Waals surface area contributed by atoms with Gasteiger partial charge >= 0.3 is 0 Å². The molecule has 0 heterocycles. The van der Waals surface area contributed by atoms with Gasteiger partial charge in [0.25, 0.3) is 0 Å². The molecule has 130 valence electrons. The number of ether oxygens (including phenoxy) is 1. The van der Waals surface area contributed by atoms with E-state index in [1.807, 2.05) is 12.1 Å². The summed E-state index contributed by atoms with van der Waals surface area (Å²) >= 11 is 0. The van der Waals surface area contributed by atoms with E-state index in [2.05, 4.69) is 45.0 Å². The van der Waals surface area contributed by atoms with Gasteiger partial charge in [-0.1, -0.05) is 44.2 Å². The van der Waals surface area contributed by atoms with Crippen LogP contribution in [-0.4, -0.2) is 12.2 Å². The molecule has 2 heteroatoms. The molecule has 0 aromatic heterocycles. The quantitative estimate of drug-likeness (QED) is 0.696. The topological polar surface area (TPSA) is 29.5 Å². The maximum Gasteiger partial charge on any atom is 0.129 e. The standard InChI is InChI=1S/C22H30O2/c1-16(2)13-14-19-17(3)15-21(23)20(22(19)24-4)12-8-11-18-9-6-5-7-10-18/h5-7,9-10,15-16,23H,8,11-14H2,1-4H3. The van der Waals surface area contributed by atoms with Crippen LogP contribution in [-0.2, 0) is 19.3 Å². The fraction of sp³-hybridized carbons (Fsp3) is 0.455. The Morgan fingerprint density at radius 3 is 2.33 bits per heavy atom. The largest absolute Gasteiger partial charge is 0.508 e. The molecule has 0 fully saturated rings. The summed E-state index contributed by atoms with van der Waals surface area (Å²) in [4.78, 5) is 0. The minimum absolute atomic E-state index is 0.366. The fourth-order valence-corrected chi connectivity index (χ4v) is 3.20. The molecular formula is C22H30O2. The highest BCUT2D eigenvalue weighted by molar-refractivity contribution is 5.53. The van der Waals surface area contributed by atoms with Crippen LogP contribution in [0.15, 0.2) is 36.4 Å². The summed E-state index contributed by atoms with van der Waals surface area (Å²) in [5.74, 6) is 1.91. The molecule has 2 aromatic carbocycles. The molecule has 2 rings (SSSR count). The Labute approximate surface area is 146 Å². The molecule has 0 spiro atoms. The molecule has 0 atom stereocenters. The second-order valence-electron chi connectivity index (χ2n) is 6.97. The van der Waals surface area contributed by atoms with E-state index in [0.29, 0.717) is 11.7 Å². The number of aryl methyl sites for hydroxylation is 2. The van der Waals surface area contributed by atoms with Gasteiger partial charge in [-0.25, -0.2) is 0 Å². The minimum atomic E-state index is 0.366. The average molecular weight is 326 g/mol. The summed E-state index contributed by atoms with van der Waals surface area (Å²) in [5.41, 5.74) is 4.66. The first-order valence-corrected chi connectivity index (χ1v) is 8.95. The number of hydrogen-bond donors (Lipinski definition) is 1. The van der Waals surface area contributed by atoms with Gasteiger partial charge in [0.15, 0.2) is 0 Å². The van der Waals surface area contributed by atoms with E-state index >= 15 is 0 Å². The van der Waals surface area contributed by atoms with Crippen molar-refractivity contribution in [2.45, 2.75) is 52.9 Å². The van der Waals surface area contributed by atoms with E-state index in [9.17, 15) is 5.11 Å². The first-order valence-electron chi connectivity index (χ1n) is 8.95. The van der Waals surface area contributed by atoms with Crippen molar-refractivity contribution in [1.82, 2.24) is 0 Å². The lowest BCUT2D eigenvalue weighted by Crippen LogP contribution is -2.03. The van der Waals surface area contributed by atoms with E-state index in [1.165, 1.54) is 11.1 Å². The molecule has 2 aromatic rings. The summed E-state index contributed by atoms with van der Waals surface area (Å²) < 4.78 is 5.71. The Morgan fingerprint density at radius 1 is 1.00 bits per heavy atom. The van der Waals surface area contributed by atoms with Gasteiger partial charge in [0, 0.05) is 5.56 Å². The maximum atomic E-state index is 10.4. The Bertz CT molecular complexity index is 645. The van der Waals surface area contributed by atoms with Crippen LogP contribution in [0, 0.1) is 12.8 Å². The third-order valence-corrected chi connectivity index (χ3v) is 4.60. The Balaban J connectivity index is 2.16. The highest BCUT2D eigenvalue weighted by Gasteiger charge is 2.17. The number of methoxy groups -OCH3 is 1. The van der Waals surface area contributed by atoms with Crippen LogP contribution in [0.2, 0.25) is 0 Å². The van der Waals surface area contributed by atoms with Crippen LogP contribution >= 0.6 is 0 Å². The van der Waals surface area contributed by atoms with Gasteiger partial charge in [0.1, 0.15) is 11.5 Å². The van der Waals surface area contributed by atoms with Crippen molar-refractivity contribution in [3.05, 3.63) is 58.7 Å². The molecule has 0 unspecified atom stereocenters. The third-order valence-electron chi connectivity index (χ3n) is 4.60. The first-order chi connectivity index (χ1) is 11.5. The molecule has 2 nitrogen and oxygen atoms in total. The van der Waals surface area contributed by atoms with Gasteiger partial charge in [0.05, 0.1) is 7.11 Å². The highest BCUT2D eigenvalue weighted by atomic mass is 16.5. The van der Waals surface area contributed by atoms with E-state index < -0.39 is 0 Å². The van der Waals surface area contributed by atoms with Gasteiger partial charge < -0.3 is 9.84 Å². The number of hydrogen-bond acceptors (Lipinski definition) is 2. The second kappa shape index (κ2) is 8.77. The molecular weight excluding hydrogens is 296 g/mol. The molecule has 0 radical (unpaired) electrons. The highest BCUT2D eigenvalue weighted by Crippen LogP contribution is 2.36. The molecule has 0 aliphatic rings. The Hall–Kier alpha value is -1.96. The van der Waals surface area contributed by atoms with Gasteiger partial charge in [-0.2, -0.15) is 0 Å². The maximum absolute atomic E-state index is 10.4. The van der Waals surface area contributed by atoms with Crippen molar-refractivity contribution < 1.29 is 9.84 Å². The average Bonchev–Trinajstić information content (AvgIpc) is 2.56. The second-order valence-corrected chi connectivity index (χ2v) is 6.97. The molecule has 0 amide bonds. The number of rotatable bonds is 8. The number of aromatic hydroxyl groups is 1. The van der Waals surface area contributed by atoms with Crippen molar-refractivity contribution in [2.75, 3.05) is 7.11 Å². The molecule has 1 N–H and O–H groups in total. The molecule has 0 bridgehead atoms. The van der Waals surface area contributed by atoms with Crippen LogP contribution in [0.4, 0.5) is 0 Å². The van der Waals surface area contributed by atoms with Crippen molar-refractivity contribution in [3.63, 3.8) is 0 Å². The van der Waals surface area contributed by atoms with Crippen LogP contribution in [0.25, 0.3) is 0 Å². The predicted octanol–water partition coefficient (Wildman–Crippen LogP) is 5.47. The fourth-order valence-electron chi connectivity index (χ4n) is 3.20. The van der Waals surface area contributed by atoms with E-state index in [4.69, 9.17) is 4.74 Å². The van der Waals surface area contributed by atoms with Crippen molar-refractivity contribution in [2.24, 2.45) is 5.92 Å². The predicted molar refractivity (Wildman–Crippen MR) is 101 cm³/mol. The monoisotopic (exact) mass is 326 g/mol. The zero-order valence-electron chi connectivity index (χ0n) is 15.4. The van der Waals surface area contributed by atoms with Crippen molar-refractivity contribution >= 4 is 0 Å². The number of benzene rings is 2. The molecule has 0 saturated heterocycles. The van der Waals surface area contributed by atoms with E-state index in [0.717, 1.165) is 49.0 Å². The van der Waals surface area contributed by atoms with Gasteiger partial charge in [-0.15, -0.1) is 0 Å². The molecule has 0 aliphatic heterocycles. The molecule has 24 heavy (non-hydrogen) atoms. The first kappa shape index (κ1) is 18.4. The van der Waals surface area contributed by atoms with Gasteiger partial charge in [-0.3, -0.25) is 0 Å². The Kier molecular flexibility index (Phi) is 6.72. The van der Waals surface area contributed by atoms with Crippen LogP contribution in [0.3, 0.4) is 0 Å². The van der Waals surface area contributed by atoms with Crippen LogP contribution < -0.4 is 4.74 Å². The van der Waals surface area contributed by atoms with E-state index in [-0.39, 0.29) is 0 Å². The summed E-state index contributed by atoms with van der Waals surface area (Å²) in [6, 6.07) is 12.4. The zero-order valence-corrected chi connectivity index (χ0v) is 15.4. The van der Waals surface area contributed by atoms with Gasteiger partial charge in [0.2, 0.25) is 0 Å². The molecule has 0 aliphatic carbocycles. The van der Waals surface area contributed by atoms with Gasteiger partial charge in [-0.05, 0) is 67.7 Å². The summed E-state index contributed by atoms with van der Waals surface area (Å²) in [6.07, 6.45) is 4.97. The minimum Gasteiger partial charge on any atom is -0.508 e. The zero-order chi connectivity index (χ0) is 17.5. The lowest BCUT2D eigenvalue weighted by Gasteiger charge is -2.18. The summed E-state index contributed by atoms with van der Waals surface area (Å²) in [5, 5.41) is 10.4. The lowest BCUT2D eigenvalue weighted by molar-refractivity contribution is 0.391. The Morgan fingerprint density at radius 2 is 1.71 bits per heavy atom. The lowest BCUT2D eigenvalue weighted by atomic mass is 9.93. The SMILES string of the molecule is COc1c(CCC(C)C)c(C)cc(O)c1CCCc1ccccc1. The van der Waals surface area contributed by atoms with Crippen LogP contribution in [0.5, 0.6) is 11.5 Å². The van der Waals surface area contributed by atoms with Crippen molar-refractivity contribution in [1.29, 1.82) is 0 Å².